The lowest BCUT2D eigenvalue weighted by Crippen LogP contribution is -2.15. The second-order valence-electron chi connectivity index (χ2n) is 5.58. The molecule has 0 saturated carbocycles. The second kappa shape index (κ2) is 6.30. The van der Waals surface area contributed by atoms with Crippen molar-refractivity contribution in [3.63, 3.8) is 0 Å². The molecule has 0 atom stereocenters. The minimum Gasteiger partial charge on any atom is -0.478 e. The van der Waals surface area contributed by atoms with Crippen LogP contribution in [-0.2, 0) is 0 Å². The summed E-state index contributed by atoms with van der Waals surface area (Å²) in [6.45, 7) is 0. The lowest BCUT2D eigenvalue weighted by atomic mass is 9.99. The minimum absolute atomic E-state index is 0.161. The van der Waals surface area contributed by atoms with Gasteiger partial charge in [0.15, 0.2) is 0 Å². The molecule has 1 heterocycles. The van der Waals surface area contributed by atoms with Gasteiger partial charge in [-0.25, -0.2) is 4.79 Å². The van der Waals surface area contributed by atoms with Crippen molar-refractivity contribution in [2.24, 2.45) is 0 Å². The molecule has 1 N–H and O–H groups in total. The Balaban J connectivity index is 2.36. The van der Waals surface area contributed by atoms with Crippen molar-refractivity contribution in [1.82, 2.24) is 4.98 Å². The van der Waals surface area contributed by atoms with Crippen molar-refractivity contribution in [3.8, 4) is 11.1 Å². The van der Waals surface area contributed by atoms with Crippen LogP contribution >= 0.6 is 23.2 Å². The van der Waals surface area contributed by atoms with E-state index >= 15 is 0 Å². The van der Waals surface area contributed by atoms with E-state index in [-0.39, 0.29) is 5.56 Å². The van der Waals surface area contributed by atoms with E-state index in [1.165, 1.54) is 6.20 Å². The molecule has 122 valence electrons. The largest absolute Gasteiger partial charge is 0.478 e. The molecule has 0 fully saturated rings. The number of rotatable bonds is 3. The van der Waals surface area contributed by atoms with Crippen molar-refractivity contribution in [2.45, 2.75) is 0 Å². The average Bonchev–Trinajstić information content (AvgIpc) is 2.51. The molecule has 1 aromatic heterocycles. The Kier molecular flexibility index (Phi) is 4.35. The summed E-state index contributed by atoms with van der Waals surface area (Å²) >= 11 is 12.2. The van der Waals surface area contributed by atoms with Gasteiger partial charge in [0.1, 0.15) is 5.56 Å². The summed E-state index contributed by atoms with van der Waals surface area (Å²) < 4.78 is 0. The smallest absolute Gasteiger partial charge is 0.339 e. The van der Waals surface area contributed by atoms with Crippen molar-refractivity contribution < 1.29 is 9.90 Å². The Morgan fingerprint density at radius 3 is 2.38 bits per heavy atom. The summed E-state index contributed by atoms with van der Waals surface area (Å²) in [6, 6.07) is 10.9. The first kappa shape index (κ1) is 16.6. The fourth-order valence-electron chi connectivity index (χ4n) is 2.79. The average molecular weight is 361 g/mol. The molecular weight excluding hydrogens is 347 g/mol. The first-order valence-corrected chi connectivity index (χ1v) is 7.93. The molecular formula is C18H14Cl2N2O2. The number of fused-ring (bicyclic) bond motifs is 1. The molecule has 0 aliphatic rings. The number of carboxylic acid groups (broad SMARTS) is 1. The first-order valence-electron chi connectivity index (χ1n) is 7.17. The van der Waals surface area contributed by atoms with Gasteiger partial charge in [-0.1, -0.05) is 41.4 Å². The summed E-state index contributed by atoms with van der Waals surface area (Å²) in [4.78, 5) is 17.7. The fraction of sp³-hybridized carbons (Fsp3) is 0.111. The number of anilines is 1. The number of aromatic carboxylic acids is 1. The Hall–Kier alpha value is -2.30. The van der Waals surface area contributed by atoms with Gasteiger partial charge >= 0.3 is 5.97 Å². The predicted octanol–water partition coefficient (Wildman–Crippen LogP) is 4.97. The van der Waals surface area contributed by atoms with E-state index in [1.54, 1.807) is 11.0 Å². The monoisotopic (exact) mass is 360 g/mol. The molecule has 0 spiro atoms. The minimum atomic E-state index is -1.01. The highest BCUT2D eigenvalue weighted by Gasteiger charge is 2.18. The normalized spacial score (nSPS) is 10.8. The van der Waals surface area contributed by atoms with Gasteiger partial charge in [0.25, 0.3) is 0 Å². The number of pyridine rings is 1. The van der Waals surface area contributed by atoms with Gasteiger partial charge in [-0.15, -0.1) is 0 Å². The summed E-state index contributed by atoms with van der Waals surface area (Å²) in [5.74, 6) is -1.01. The Labute approximate surface area is 149 Å². The lowest BCUT2D eigenvalue weighted by molar-refractivity contribution is 0.0697. The van der Waals surface area contributed by atoms with E-state index in [1.807, 2.05) is 44.4 Å². The molecule has 0 bridgehead atoms. The summed E-state index contributed by atoms with van der Waals surface area (Å²) in [7, 11) is 3.62. The number of hydrogen-bond donors (Lipinski definition) is 1. The maximum Gasteiger partial charge on any atom is 0.339 e. The van der Waals surface area contributed by atoms with E-state index < -0.39 is 5.97 Å². The zero-order valence-electron chi connectivity index (χ0n) is 13.0. The molecule has 0 unspecified atom stereocenters. The van der Waals surface area contributed by atoms with Crippen LogP contribution in [-0.4, -0.2) is 30.2 Å². The molecule has 4 nitrogen and oxygen atoms in total. The molecule has 0 saturated heterocycles. The predicted molar refractivity (Wildman–Crippen MR) is 98.5 cm³/mol. The molecule has 0 radical (unpaired) electrons. The van der Waals surface area contributed by atoms with Crippen LogP contribution in [0.1, 0.15) is 10.4 Å². The third-order valence-corrected chi connectivity index (χ3v) is 4.16. The Bertz CT molecular complexity index is 935. The number of carboxylic acids is 1. The number of para-hydroxylation sites is 1. The standard InChI is InChI=1S/C18H14Cl2N2O2/c1-22(2)17-14-5-3-4-13(10-6-11(19)8-12(20)7-10)16(14)21-9-15(17)18(23)24/h3-9H,1-2H3,(H,23,24). The van der Waals surface area contributed by atoms with E-state index in [0.717, 1.165) is 16.5 Å². The number of carbonyl (C=O) groups is 1. The third-order valence-electron chi connectivity index (χ3n) is 3.72. The van der Waals surface area contributed by atoms with Crippen LogP contribution in [0.15, 0.2) is 42.6 Å². The van der Waals surface area contributed by atoms with Gasteiger partial charge in [0.05, 0.1) is 11.2 Å². The molecule has 0 amide bonds. The number of halogens is 2. The maximum absolute atomic E-state index is 11.5. The second-order valence-corrected chi connectivity index (χ2v) is 6.45. The lowest BCUT2D eigenvalue weighted by Gasteiger charge is -2.19. The van der Waals surface area contributed by atoms with Crippen LogP contribution in [0.25, 0.3) is 22.0 Å². The summed E-state index contributed by atoms with van der Waals surface area (Å²) in [5, 5.41) is 11.3. The van der Waals surface area contributed by atoms with Crippen LogP contribution in [0.4, 0.5) is 5.69 Å². The first-order chi connectivity index (χ1) is 11.4. The summed E-state index contributed by atoms with van der Waals surface area (Å²) in [5.41, 5.74) is 3.15. The van der Waals surface area contributed by atoms with Crippen molar-refractivity contribution >= 4 is 45.8 Å². The van der Waals surface area contributed by atoms with Gasteiger partial charge in [-0.2, -0.15) is 0 Å². The van der Waals surface area contributed by atoms with Crippen LogP contribution in [0, 0.1) is 0 Å². The molecule has 0 aliphatic heterocycles. The van der Waals surface area contributed by atoms with E-state index in [4.69, 9.17) is 23.2 Å². The number of nitrogens with zero attached hydrogens (tertiary/aromatic N) is 2. The van der Waals surface area contributed by atoms with Crippen LogP contribution in [0.3, 0.4) is 0 Å². The maximum atomic E-state index is 11.5. The zero-order valence-corrected chi connectivity index (χ0v) is 14.6. The highest BCUT2D eigenvalue weighted by atomic mass is 35.5. The van der Waals surface area contributed by atoms with Crippen molar-refractivity contribution in [2.75, 3.05) is 19.0 Å². The van der Waals surface area contributed by atoms with E-state index in [0.29, 0.717) is 21.2 Å². The number of benzene rings is 2. The molecule has 3 aromatic rings. The molecule has 6 heteroatoms. The SMILES string of the molecule is CN(C)c1c(C(=O)O)cnc2c(-c3cc(Cl)cc(Cl)c3)cccc12. The third kappa shape index (κ3) is 2.90. The van der Waals surface area contributed by atoms with E-state index in [9.17, 15) is 9.90 Å². The van der Waals surface area contributed by atoms with Crippen LogP contribution in [0.5, 0.6) is 0 Å². The fourth-order valence-corrected chi connectivity index (χ4v) is 3.32. The van der Waals surface area contributed by atoms with Crippen LogP contribution < -0.4 is 4.90 Å². The molecule has 2 aromatic carbocycles. The van der Waals surface area contributed by atoms with Crippen molar-refractivity contribution in [3.05, 3.63) is 58.2 Å². The van der Waals surface area contributed by atoms with Gasteiger partial charge in [-0.05, 0) is 23.8 Å². The Morgan fingerprint density at radius 2 is 1.79 bits per heavy atom. The van der Waals surface area contributed by atoms with E-state index in [2.05, 4.69) is 4.98 Å². The molecule has 0 aliphatic carbocycles. The topological polar surface area (TPSA) is 53.4 Å². The Morgan fingerprint density at radius 1 is 1.12 bits per heavy atom. The van der Waals surface area contributed by atoms with Gasteiger partial charge in [0, 0.05) is 41.3 Å². The quantitative estimate of drug-likeness (QED) is 0.715. The molecule has 3 rings (SSSR count). The summed E-state index contributed by atoms with van der Waals surface area (Å²) in [6.07, 6.45) is 1.38. The highest BCUT2D eigenvalue weighted by Crippen LogP contribution is 2.36. The molecule has 24 heavy (non-hydrogen) atoms. The van der Waals surface area contributed by atoms with Crippen molar-refractivity contribution in [1.29, 1.82) is 0 Å². The zero-order chi connectivity index (χ0) is 17.4. The van der Waals surface area contributed by atoms with Gasteiger partial charge < -0.3 is 10.0 Å². The number of hydrogen-bond acceptors (Lipinski definition) is 3. The van der Waals surface area contributed by atoms with Crippen LogP contribution in [0.2, 0.25) is 10.0 Å². The highest BCUT2D eigenvalue weighted by molar-refractivity contribution is 6.35. The number of aromatic nitrogens is 1. The van der Waals surface area contributed by atoms with Gasteiger partial charge in [0.2, 0.25) is 0 Å². The van der Waals surface area contributed by atoms with Gasteiger partial charge in [-0.3, -0.25) is 4.98 Å².